The van der Waals surface area contributed by atoms with Crippen LogP contribution >= 0.6 is 0 Å². The summed E-state index contributed by atoms with van der Waals surface area (Å²) < 4.78 is 13.6. The Balaban J connectivity index is 1.87. The van der Waals surface area contributed by atoms with E-state index in [1.165, 1.54) is 18.3 Å². The zero-order chi connectivity index (χ0) is 18.8. The fourth-order valence-corrected chi connectivity index (χ4v) is 2.73. The highest BCUT2D eigenvalue weighted by molar-refractivity contribution is 6.05. The summed E-state index contributed by atoms with van der Waals surface area (Å²) >= 11 is 0. The maximum atomic E-state index is 13.6. The number of anilines is 1. The molecule has 1 amide bonds. The Morgan fingerprint density at radius 3 is 2.69 bits per heavy atom. The standard InChI is InChI=1S/C19H19FN4O2/c1-11-15(20)6-5-13-17(11)22-9-14(18(13)25)19(26)23-16-7-4-12(8-21-16)10-24(2)3/h4-9H,10H2,1-3H3,(H,22,25)(H,21,23,26). The first-order valence-electron chi connectivity index (χ1n) is 8.08. The van der Waals surface area contributed by atoms with Crippen LogP contribution in [-0.2, 0) is 6.54 Å². The number of fused-ring (bicyclic) bond motifs is 1. The molecule has 0 aliphatic carbocycles. The SMILES string of the molecule is Cc1c(F)ccc2c(=O)c(C(=O)Nc3ccc(CN(C)C)cn3)c[nH]c12. The van der Waals surface area contributed by atoms with Gasteiger partial charge in [-0.2, -0.15) is 0 Å². The van der Waals surface area contributed by atoms with Crippen LogP contribution in [-0.4, -0.2) is 34.9 Å². The van der Waals surface area contributed by atoms with Crippen molar-refractivity contribution >= 4 is 22.6 Å². The third-order valence-corrected chi connectivity index (χ3v) is 4.06. The molecule has 2 N–H and O–H groups in total. The number of halogens is 1. The molecule has 0 spiro atoms. The summed E-state index contributed by atoms with van der Waals surface area (Å²) in [7, 11) is 3.91. The number of carbonyl (C=O) groups is 1. The Morgan fingerprint density at radius 1 is 1.27 bits per heavy atom. The summed E-state index contributed by atoms with van der Waals surface area (Å²) in [4.78, 5) is 34.1. The minimum Gasteiger partial charge on any atom is -0.360 e. The number of hydrogen-bond acceptors (Lipinski definition) is 4. The highest BCUT2D eigenvalue weighted by atomic mass is 19.1. The molecular formula is C19H19FN4O2. The van der Waals surface area contributed by atoms with Crippen LogP contribution in [0, 0.1) is 12.7 Å². The molecule has 0 aliphatic rings. The van der Waals surface area contributed by atoms with Crippen LogP contribution in [0.1, 0.15) is 21.5 Å². The number of amides is 1. The van der Waals surface area contributed by atoms with Gasteiger partial charge < -0.3 is 15.2 Å². The Morgan fingerprint density at radius 2 is 2.04 bits per heavy atom. The molecule has 3 rings (SSSR count). The lowest BCUT2D eigenvalue weighted by Crippen LogP contribution is -2.22. The average molecular weight is 354 g/mol. The molecule has 2 aromatic heterocycles. The van der Waals surface area contributed by atoms with Crippen LogP contribution in [0.4, 0.5) is 10.2 Å². The van der Waals surface area contributed by atoms with Gasteiger partial charge in [0.25, 0.3) is 5.91 Å². The summed E-state index contributed by atoms with van der Waals surface area (Å²) in [6, 6.07) is 6.14. The summed E-state index contributed by atoms with van der Waals surface area (Å²) in [5.74, 6) is -0.623. The number of carbonyl (C=O) groups excluding carboxylic acids is 1. The summed E-state index contributed by atoms with van der Waals surface area (Å²) in [6.45, 7) is 2.31. The highest BCUT2D eigenvalue weighted by Crippen LogP contribution is 2.17. The maximum absolute atomic E-state index is 13.6. The molecule has 3 aromatic rings. The third kappa shape index (κ3) is 3.48. The maximum Gasteiger partial charge on any atom is 0.262 e. The van der Waals surface area contributed by atoms with Crippen molar-refractivity contribution in [2.24, 2.45) is 0 Å². The van der Waals surface area contributed by atoms with Crippen molar-refractivity contribution in [3.63, 3.8) is 0 Å². The molecule has 0 saturated heterocycles. The van der Waals surface area contributed by atoms with Crippen molar-refractivity contribution in [1.82, 2.24) is 14.9 Å². The average Bonchev–Trinajstić information content (AvgIpc) is 2.60. The fourth-order valence-electron chi connectivity index (χ4n) is 2.73. The molecule has 0 atom stereocenters. The lowest BCUT2D eigenvalue weighted by Gasteiger charge is -2.10. The van der Waals surface area contributed by atoms with Crippen LogP contribution < -0.4 is 10.7 Å². The number of pyridine rings is 2. The normalized spacial score (nSPS) is 11.1. The van der Waals surface area contributed by atoms with Crippen LogP contribution in [0.15, 0.2) is 41.5 Å². The van der Waals surface area contributed by atoms with Crippen molar-refractivity contribution in [1.29, 1.82) is 0 Å². The van der Waals surface area contributed by atoms with Gasteiger partial charge in [0, 0.05) is 29.9 Å². The quantitative estimate of drug-likeness (QED) is 0.755. The minimum atomic E-state index is -0.567. The zero-order valence-corrected chi connectivity index (χ0v) is 14.8. The number of aromatic amines is 1. The van der Waals surface area contributed by atoms with Crippen molar-refractivity contribution in [2.75, 3.05) is 19.4 Å². The molecule has 26 heavy (non-hydrogen) atoms. The van der Waals surface area contributed by atoms with Gasteiger partial charge in [-0.15, -0.1) is 0 Å². The molecule has 0 fully saturated rings. The monoisotopic (exact) mass is 354 g/mol. The van der Waals surface area contributed by atoms with E-state index in [0.717, 1.165) is 12.1 Å². The second-order valence-corrected chi connectivity index (χ2v) is 6.37. The van der Waals surface area contributed by atoms with E-state index in [1.807, 2.05) is 25.1 Å². The molecule has 1 aromatic carbocycles. The van der Waals surface area contributed by atoms with Crippen LogP contribution in [0.3, 0.4) is 0 Å². The first kappa shape index (κ1) is 17.8. The van der Waals surface area contributed by atoms with E-state index in [-0.39, 0.29) is 10.9 Å². The van der Waals surface area contributed by atoms with Gasteiger partial charge in [-0.3, -0.25) is 9.59 Å². The highest BCUT2D eigenvalue weighted by Gasteiger charge is 2.15. The fraction of sp³-hybridized carbons (Fsp3) is 0.211. The smallest absolute Gasteiger partial charge is 0.262 e. The number of nitrogens with one attached hydrogen (secondary N) is 2. The number of benzene rings is 1. The van der Waals surface area contributed by atoms with E-state index in [0.29, 0.717) is 16.9 Å². The van der Waals surface area contributed by atoms with Crippen LogP contribution in [0.25, 0.3) is 10.9 Å². The van der Waals surface area contributed by atoms with E-state index in [1.54, 1.807) is 19.2 Å². The molecule has 0 aliphatic heterocycles. The lowest BCUT2D eigenvalue weighted by molar-refractivity contribution is 0.102. The Labute approximate surface area is 149 Å². The van der Waals surface area contributed by atoms with Gasteiger partial charge in [-0.25, -0.2) is 9.37 Å². The van der Waals surface area contributed by atoms with Crippen LogP contribution in [0.2, 0.25) is 0 Å². The number of rotatable bonds is 4. The number of hydrogen-bond donors (Lipinski definition) is 2. The predicted molar refractivity (Wildman–Crippen MR) is 98.8 cm³/mol. The summed E-state index contributed by atoms with van der Waals surface area (Å²) in [5, 5.41) is 2.88. The molecule has 7 heteroatoms. The molecule has 134 valence electrons. The summed E-state index contributed by atoms with van der Waals surface area (Å²) in [5.41, 5.74) is 1.22. The molecule has 0 saturated carbocycles. The lowest BCUT2D eigenvalue weighted by atomic mass is 10.1. The van der Waals surface area contributed by atoms with Gasteiger partial charge in [0.2, 0.25) is 5.43 Å². The van der Waals surface area contributed by atoms with Crippen molar-refractivity contribution in [3.8, 4) is 0 Å². The van der Waals surface area contributed by atoms with Gasteiger partial charge in [-0.1, -0.05) is 6.07 Å². The third-order valence-electron chi connectivity index (χ3n) is 4.06. The van der Waals surface area contributed by atoms with Gasteiger partial charge in [-0.05, 0) is 44.8 Å². The van der Waals surface area contributed by atoms with Gasteiger partial charge in [0.15, 0.2) is 0 Å². The van der Waals surface area contributed by atoms with Crippen molar-refractivity contribution < 1.29 is 9.18 Å². The van der Waals surface area contributed by atoms with E-state index >= 15 is 0 Å². The first-order chi connectivity index (χ1) is 12.4. The van der Waals surface area contributed by atoms with E-state index in [9.17, 15) is 14.0 Å². The van der Waals surface area contributed by atoms with Crippen molar-refractivity contribution in [2.45, 2.75) is 13.5 Å². The van der Waals surface area contributed by atoms with E-state index in [2.05, 4.69) is 15.3 Å². The van der Waals surface area contributed by atoms with Gasteiger partial charge >= 0.3 is 0 Å². The van der Waals surface area contributed by atoms with Crippen LogP contribution in [0.5, 0.6) is 0 Å². The molecule has 2 heterocycles. The molecule has 6 nitrogen and oxygen atoms in total. The van der Waals surface area contributed by atoms with E-state index < -0.39 is 17.2 Å². The van der Waals surface area contributed by atoms with Gasteiger partial charge in [0.1, 0.15) is 17.2 Å². The topological polar surface area (TPSA) is 78.1 Å². The zero-order valence-electron chi connectivity index (χ0n) is 14.8. The van der Waals surface area contributed by atoms with E-state index in [4.69, 9.17) is 0 Å². The molecule has 0 unspecified atom stereocenters. The Hall–Kier alpha value is -3.06. The number of nitrogens with zero attached hydrogens (tertiary/aromatic N) is 2. The molecular weight excluding hydrogens is 335 g/mol. The number of aryl methyl sites for hydroxylation is 1. The second kappa shape index (κ2) is 7.05. The van der Waals surface area contributed by atoms with Gasteiger partial charge in [0.05, 0.1) is 5.52 Å². The minimum absolute atomic E-state index is 0.0531. The predicted octanol–water partition coefficient (Wildman–Crippen LogP) is 2.68. The Bertz CT molecular complexity index is 1030. The van der Waals surface area contributed by atoms with Crippen molar-refractivity contribution in [3.05, 3.63) is 69.4 Å². The number of aromatic nitrogens is 2. The Kier molecular flexibility index (Phi) is 4.81. The summed E-state index contributed by atoms with van der Waals surface area (Å²) in [6.07, 6.45) is 2.97. The number of H-pyrrole nitrogens is 1. The molecule has 0 bridgehead atoms. The molecule has 0 radical (unpaired) electrons. The largest absolute Gasteiger partial charge is 0.360 e. The first-order valence-corrected chi connectivity index (χ1v) is 8.08. The second-order valence-electron chi connectivity index (χ2n) is 6.37.